The third kappa shape index (κ3) is 3.81. The minimum atomic E-state index is -0.407. The number of hydrogen-bond donors (Lipinski definition) is 1. The molecule has 0 fully saturated rings. The molecule has 2 aromatic rings. The molecule has 1 aromatic carbocycles. The third-order valence-electron chi connectivity index (χ3n) is 3.00. The molecule has 1 atom stereocenters. The van der Waals surface area contributed by atoms with E-state index in [0.717, 1.165) is 16.8 Å². The number of rotatable bonds is 5. The first-order valence-electron chi connectivity index (χ1n) is 6.10. The molecule has 2 nitrogen and oxygen atoms in total. The predicted molar refractivity (Wildman–Crippen MR) is 73.5 cm³/mol. The Morgan fingerprint density at radius 1 is 1.32 bits per heavy atom. The molecule has 1 aromatic heterocycles. The Labute approximate surface area is 115 Å². The van der Waals surface area contributed by atoms with Crippen LogP contribution < -0.4 is 5.32 Å². The summed E-state index contributed by atoms with van der Waals surface area (Å²) in [6, 6.07) is 3.60. The number of benzene rings is 1. The fraction of sp³-hybridized carbons (Fsp3) is 0.357. The van der Waals surface area contributed by atoms with Crippen LogP contribution in [0.4, 0.5) is 8.78 Å². The molecule has 2 rings (SSSR count). The Morgan fingerprint density at radius 3 is 2.74 bits per heavy atom. The maximum absolute atomic E-state index is 13.6. The van der Waals surface area contributed by atoms with Crippen molar-refractivity contribution in [2.24, 2.45) is 0 Å². The summed E-state index contributed by atoms with van der Waals surface area (Å²) in [6.07, 6.45) is 1.15. The van der Waals surface area contributed by atoms with Crippen molar-refractivity contribution in [1.29, 1.82) is 0 Å². The zero-order chi connectivity index (χ0) is 13.8. The van der Waals surface area contributed by atoms with Crippen molar-refractivity contribution < 1.29 is 8.78 Å². The van der Waals surface area contributed by atoms with E-state index in [2.05, 4.69) is 10.3 Å². The van der Waals surface area contributed by atoms with E-state index in [0.29, 0.717) is 18.4 Å². The Bertz CT molecular complexity index is 554. The van der Waals surface area contributed by atoms with E-state index in [1.807, 2.05) is 19.4 Å². The molecule has 102 valence electrons. The fourth-order valence-electron chi connectivity index (χ4n) is 2.00. The van der Waals surface area contributed by atoms with E-state index in [9.17, 15) is 8.78 Å². The minimum absolute atomic E-state index is 0.0396. The van der Waals surface area contributed by atoms with Gasteiger partial charge >= 0.3 is 0 Å². The monoisotopic (exact) mass is 282 g/mol. The average molecular weight is 282 g/mol. The second kappa shape index (κ2) is 6.21. The van der Waals surface area contributed by atoms with Gasteiger partial charge in [-0.15, -0.1) is 11.3 Å². The molecule has 0 aliphatic heterocycles. The van der Waals surface area contributed by atoms with Crippen LogP contribution in [0.1, 0.15) is 16.3 Å². The van der Waals surface area contributed by atoms with E-state index in [4.69, 9.17) is 0 Å². The van der Waals surface area contributed by atoms with E-state index < -0.39 is 5.82 Å². The van der Waals surface area contributed by atoms with Crippen LogP contribution >= 0.6 is 11.3 Å². The highest BCUT2D eigenvalue weighted by atomic mass is 32.1. The average Bonchev–Trinajstić information content (AvgIpc) is 2.78. The summed E-state index contributed by atoms with van der Waals surface area (Å²) in [4.78, 5) is 4.39. The van der Waals surface area contributed by atoms with Gasteiger partial charge in [-0.05, 0) is 44.2 Å². The summed E-state index contributed by atoms with van der Waals surface area (Å²) < 4.78 is 26.7. The van der Waals surface area contributed by atoms with Gasteiger partial charge in [-0.3, -0.25) is 0 Å². The van der Waals surface area contributed by atoms with Gasteiger partial charge in [-0.1, -0.05) is 0 Å². The number of thiazole rings is 1. The molecule has 1 unspecified atom stereocenters. The van der Waals surface area contributed by atoms with Crippen LogP contribution in [0.15, 0.2) is 23.6 Å². The van der Waals surface area contributed by atoms with E-state index >= 15 is 0 Å². The van der Waals surface area contributed by atoms with E-state index in [1.165, 1.54) is 12.1 Å². The van der Waals surface area contributed by atoms with Gasteiger partial charge in [0.25, 0.3) is 0 Å². The number of aryl methyl sites for hydroxylation is 1. The van der Waals surface area contributed by atoms with Gasteiger partial charge < -0.3 is 5.32 Å². The summed E-state index contributed by atoms with van der Waals surface area (Å²) >= 11 is 1.60. The largest absolute Gasteiger partial charge is 0.316 e. The lowest BCUT2D eigenvalue weighted by Gasteiger charge is -2.15. The van der Waals surface area contributed by atoms with Crippen molar-refractivity contribution in [3.8, 4) is 0 Å². The van der Waals surface area contributed by atoms with Gasteiger partial charge in [0.2, 0.25) is 0 Å². The first-order valence-corrected chi connectivity index (χ1v) is 6.98. The van der Waals surface area contributed by atoms with Gasteiger partial charge in [0.05, 0.1) is 10.7 Å². The molecule has 0 aliphatic carbocycles. The van der Waals surface area contributed by atoms with Crippen LogP contribution in [0.5, 0.6) is 0 Å². The zero-order valence-electron chi connectivity index (χ0n) is 10.9. The molecule has 1 heterocycles. The number of nitrogens with one attached hydrogen (secondary N) is 1. The number of nitrogens with zero attached hydrogens (tertiary/aromatic N) is 1. The van der Waals surface area contributed by atoms with Gasteiger partial charge in [-0.2, -0.15) is 0 Å². The summed E-state index contributed by atoms with van der Waals surface area (Å²) in [5.74, 6) is -0.771. The second-order valence-corrected chi connectivity index (χ2v) is 5.55. The molecule has 0 spiro atoms. The smallest absolute Gasteiger partial charge is 0.126 e. The highest BCUT2D eigenvalue weighted by molar-refractivity contribution is 7.09. The molecule has 0 aliphatic rings. The van der Waals surface area contributed by atoms with Crippen molar-refractivity contribution in [2.45, 2.75) is 25.8 Å². The molecule has 19 heavy (non-hydrogen) atoms. The van der Waals surface area contributed by atoms with Gasteiger partial charge in [0, 0.05) is 17.8 Å². The molecule has 0 amide bonds. The zero-order valence-corrected chi connectivity index (χ0v) is 11.7. The van der Waals surface area contributed by atoms with Crippen LogP contribution in [0, 0.1) is 18.6 Å². The Kier molecular flexibility index (Phi) is 4.61. The van der Waals surface area contributed by atoms with Gasteiger partial charge in [0.1, 0.15) is 11.6 Å². The van der Waals surface area contributed by atoms with Crippen LogP contribution in [-0.2, 0) is 12.8 Å². The second-order valence-electron chi connectivity index (χ2n) is 4.49. The highest BCUT2D eigenvalue weighted by Gasteiger charge is 2.13. The molecule has 0 radical (unpaired) electrons. The Morgan fingerprint density at radius 2 is 2.11 bits per heavy atom. The molecule has 0 saturated heterocycles. The van der Waals surface area contributed by atoms with Crippen LogP contribution in [0.3, 0.4) is 0 Å². The quantitative estimate of drug-likeness (QED) is 0.911. The lowest BCUT2D eigenvalue weighted by molar-refractivity contribution is 0.522. The lowest BCUT2D eigenvalue weighted by Crippen LogP contribution is -2.30. The van der Waals surface area contributed by atoms with E-state index in [-0.39, 0.29) is 11.9 Å². The minimum Gasteiger partial charge on any atom is -0.316 e. The molecule has 0 bridgehead atoms. The first-order chi connectivity index (χ1) is 9.08. The van der Waals surface area contributed by atoms with Crippen molar-refractivity contribution in [2.75, 3.05) is 7.05 Å². The van der Waals surface area contributed by atoms with Crippen molar-refractivity contribution in [3.05, 3.63) is 51.5 Å². The topological polar surface area (TPSA) is 24.9 Å². The van der Waals surface area contributed by atoms with E-state index in [1.54, 1.807) is 11.3 Å². The number of hydrogen-bond acceptors (Lipinski definition) is 3. The van der Waals surface area contributed by atoms with Gasteiger partial charge in [-0.25, -0.2) is 13.8 Å². The third-order valence-corrected chi connectivity index (χ3v) is 3.83. The Balaban J connectivity index is 2.08. The maximum Gasteiger partial charge on any atom is 0.126 e. The van der Waals surface area contributed by atoms with Gasteiger partial charge in [0.15, 0.2) is 0 Å². The standard InChI is InChI=1S/C14H16F2N2S/c1-9-18-13(8-19-9)7-12(17-2)6-10-5-11(15)3-4-14(10)16/h3-5,8,12,17H,6-7H2,1-2H3. The number of likely N-dealkylation sites (N-methyl/N-ethyl adjacent to an activating group) is 1. The fourth-order valence-corrected chi connectivity index (χ4v) is 2.62. The first kappa shape index (κ1) is 14.1. The predicted octanol–water partition coefficient (Wildman–Crippen LogP) is 3.10. The summed E-state index contributed by atoms with van der Waals surface area (Å²) in [5.41, 5.74) is 1.38. The molecular weight excluding hydrogens is 266 g/mol. The molecular formula is C14H16F2N2S. The van der Waals surface area contributed by atoms with Crippen molar-refractivity contribution in [3.63, 3.8) is 0 Å². The van der Waals surface area contributed by atoms with Crippen LogP contribution in [0.25, 0.3) is 0 Å². The molecule has 1 N–H and O–H groups in total. The Hall–Kier alpha value is -1.33. The normalized spacial score (nSPS) is 12.6. The highest BCUT2D eigenvalue weighted by Crippen LogP contribution is 2.15. The van der Waals surface area contributed by atoms with Crippen LogP contribution in [-0.4, -0.2) is 18.1 Å². The number of halogens is 2. The SMILES string of the molecule is CNC(Cc1csc(C)n1)Cc1cc(F)ccc1F. The summed E-state index contributed by atoms with van der Waals surface area (Å²) in [6.45, 7) is 1.95. The molecule has 5 heteroatoms. The van der Waals surface area contributed by atoms with Crippen LogP contribution in [0.2, 0.25) is 0 Å². The summed E-state index contributed by atoms with van der Waals surface area (Å²) in [7, 11) is 1.82. The van der Waals surface area contributed by atoms with Crippen molar-refractivity contribution in [1.82, 2.24) is 10.3 Å². The summed E-state index contributed by atoms with van der Waals surface area (Å²) in [5, 5.41) is 6.15. The molecule has 0 saturated carbocycles. The lowest BCUT2D eigenvalue weighted by atomic mass is 10.0. The maximum atomic E-state index is 13.6. The number of aromatic nitrogens is 1. The van der Waals surface area contributed by atoms with Crippen molar-refractivity contribution >= 4 is 11.3 Å².